The molecule has 93 heavy (non-hydrogen) atoms. The minimum atomic E-state index is -0.325. The lowest BCUT2D eigenvalue weighted by molar-refractivity contribution is 0.281. The van der Waals surface area contributed by atoms with Crippen molar-refractivity contribution < 1.29 is 69.3 Å². The molecule has 464 valence electrons. The molecule has 0 atom stereocenters. The topological polar surface area (TPSA) is 217 Å². The maximum atomic E-state index is 10.2. The van der Waals surface area contributed by atoms with E-state index in [1.165, 1.54) is 72.8 Å². The van der Waals surface area contributed by atoms with Crippen LogP contribution >= 0.6 is 0 Å². The fourth-order valence-corrected chi connectivity index (χ4v) is 11.2. The van der Waals surface area contributed by atoms with Crippen molar-refractivity contribution in [2.45, 2.75) is 45.6 Å². The SMILES string of the molecule is Oc1cc(O)cc(COc2cc(COc3ccc(C(c4ccc(-c5ccccc5)cc4)c4ccc(OCc5cc(OCc6cc(O)cc(O)c6)cc(OCc6cc(O)cc(O)c6)c5)c(-c5ccccc5)c4)cc3-c3ccccc3)cc(OCc3cc(O)cc(O)c3)c2)c1. The molecule has 0 fully saturated rings. The van der Waals surface area contributed by atoms with Gasteiger partial charge >= 0.3 is 0 Å². The monoisotopic (exact) mass is 1240 g/mol. The van der Waals surface area contributed by atoms with Gasteiger partial charge in [-0.05, 0) is 169 Å². The van der Waals surface area contributed by atoms with Crippen molar-refractivity contribution >= 4 is 0 Å². The molecule has 0 amide bonds. The van der Waals surface area contributed by atoms with Crippen molar-refractivity contribution in [3.63, 3.8) is 0 Å². The molecule has 8 N–H and O–H groups in total. The van der Waals surface area contributed by atoms with Crippen molar-refractivity contribution in [1.29, 1.82) is 0 Å². The molecule has 0 spiro atoms. The van der Waals surface area contributed by atoms with E-state index in [1.54, 1.807) is 12.1 Å². The van der Waals surface area contributed by atoms with Crippen LogP contribution in [0.25, 0.3) is 33.4 Å². The predicted octanol–water partition coefficient (Wildman–Crippen LogP) is 17.0. The summed E-state index contributed by atoms with van der Waals surface area (Å²) < 4.78 is 38.6. The summed E-state index contributed by atoms with van der Waals surface area (Å²) in [5.41, 5.74) is 12.2. The fourth-order valence-electron chi connectivity index (χ4n) is 11.2. The Bertz CT molecular complexity index is 4080. The Hall–Kier alpha value is -12.2. The minimum Gasteiger partial charge on any atom is -0.508 e. The van der Waals surface area contributed by atoms with Gasteiger partial charge in [-0.3, -0.25) is 0 Å². The van der Waals surface area contributed by atoms with Gasteiger partial charge in [-0.25, -0.2) is 0 Å². The Kier molecular flexibility index (Phi) is 18.5. The summed E-state index contributed by atoms with van der Waals surface area (Å²) in [5.74, 6) is 1.75. The number of phenols is 8. The molecule has 0 aromatic heterocycles. The molecule has 14 heteroatoms. The van der Waals surface area contributed by atoms with Crippen LogP contribution in [0.1, 0.15) is 56.0 Å². The summed E-state index contributed by atoms with van der Waals surface area (Å²) in [5, 5.41) is 81.5. The third-order valence-corrected chi connectivity index (χ3v) is 15.3. The molecule has 0 saturated heterocycles. The molecule has 0 bridgehead atoms. The van der Waals surface area contributed by atoms with Gasteiger partial charge in [0.25, 0.3) is 0 Å². The largest absolute Gasteiger partial charge is 0.508 e. The van der Waals surface area contributed by atoms with E-state index in [1.807, 2.05) is 115 Å². The Morgan fingerprint density at radius 3 is 0.785 bits per heavy atom. The molecule has 0 radical (unpaired) electrons. The van der Waals surface area contributed by atoms with Crippen LogP contribution in [0, 0.1) is 0 Å². The standard InChI is InChI=1S/C79H64O14/c80-63-24-50(25-64(81)38-63)44-88-71-32-54(33-72(42-71)89-45-51-26-65(82)39-66(83)27-51)48-92-77-22-20-61(36-75(77)58-12-6-2-7-13-58)79(60-18-16-57(17-19-60)56-10-4-1-5-11-56)62-21-23-78(76(37-62)59-14-8-3-9-15-59)93-49-55-34-73(90-46-52-28-67(84)40-68(85)29-52)43-74(35-55)91-47-53-30-69(86)41-70(87)31-53/h1-43,79-87H,44-49H2. The zero-order chi connectivity index (χ0) is 64.2. The molecule has 0 saturated carbocycles. The molecule has 14 nitrogen and oxygen atoms in total. The minimum absolute atomic E-state index is 0.0162. The zero-order valence-corrected chi connectivity index (χ0v) is 50.2. The molecule has 0 aliphatic carbocycles. The summed E-state index contributed by atoms with van der Waals surface area (Å²) in [4.78, 5) is 0. The lowest BCUT2D eigenvalue weighted by Crippen LogP contribution is -2.06. The highest BCUT2D eigenvalue weighted by atomic mass is 16.5. The summed E-state index contributed by atoms with van der Waals surface area (Å²) >= 11 is 0. The first-order valence-electron chi connectivity index (χ1n) is 29.9. The Labute approximate surface area is 537 Å². The molecule has 0 heterocycles. The maximum Gasteiger partial charge on any atom is 0.127 e. The van der Waals surface area contributed by atoms with Gasteiger partial charge in [0.05, 0.1) is 0 Å². The van der Waals surface area contributed by atoms with Gasteiger partial charge in [0, 0.05) is 53.4 Å². The first-order chi connectivity index (χ1) is 45.2. The lowest BCUT2D eigenvalue weighted by atomic mass is 9.82. The van der Waals surface area contributed by atoms with Crippen molar-refractivity contribution in [3.05, 3.63) is 311 Å². The van der Waals surface area contributed by atoms with E-state index in [9.17, 15) is 40.9 Å². The fraction of sp³-hybridized carbons (Fsp3) is 0.0886. The highest BCUT2D eigenvalue weighted by molar-refractivity contribution is 5.75. The third kappa shape index (κ3) is 16.0. The average molecular weight is 1240 g/mol. The van der Waals surface area contributed by atoms with E-state index in [0.717, 1.165) is 50.1 Å². The molecule has 0 unspecified atom stereocenters. The number of rotatable bonds is 24. The Morgan fingerprint density at radius 2 is 0.473 bits per heavy atom. The van der Waals surface area contributed by atoms with E-state index in [2.05, 4.69) is 60.7 Å². The number of ether oxygens (including phenoxy) is 6. The third-order valence-electron chi connectivity index (χ3n) is 15.3. The molecule has 12 rings (SSSR count). The van der Waals surface area contributed by atoms with Crippen LogP contribution in [-0.4, -0.2) is 40.9 Å². The second-order valence-corrected chi connectivity index (χ2v) is 22.5. The zero-order valence-electron chi connectivity index (χ0n) is 50.2. The van der Waals surface area contributed by atoms with Crippen molar-refractivity contribution in [3.8, 4) is 114 Å². The van der Waals surface area contributed by atoms with Crippen LogP contribution in [-0.2, 0) is 39.6 Å². The van der Waals surface area contributed by atoms with Crippen LogP contribution in [0.2, 0.25) is 0 Å². The summed E-state index contributed by atoms with van der Waals surface area (Å²) in [6, 6.07) is 79.3. The van der Waals surface area contributed by atoms with Gasteiger partial charge in [-0.15, -0.1) is 0 Å². The first-order valence-corrected chi connectivity index (χ1v) is 29.9. The second kappa shape index (κ2) is 28.1. The normalized spacial score (nSPS) is 11.1. The van der Waals surface area contributed by atoms with Crippen molar-refractivity contribution in [1.82, 2.24) is 0 Å². The lowest BCUT2D eigenvalue weighted by Gasteiger charge is -2.23. The van der Waals surface area contributed by atoms with E-state index in [4.69, 9.17) is 28.4 Å². The van der Waals surface area contributed by atoms with E-state index >= 15 is 0 Å². The first kappa shape index (κ1) is 61.1. The smallest absolute Gasteiger partial charge is 0.127 e. The van der Waals surface area contributed by atoms with Gasteiger partial charge in [-0.1, -0.05) is 127 Å². The molecule has 12 aromatic carbocycles. The number of benzene rings is 12. The van der Waals surface area contributed by atoms with Gasteiger partial charge in [-0.2, -0.15) is 0 Å². The van der Waals surface area contributed by atoms with E-state index < -0.39 is 0 Å². The van der Waals surface area contributed by atoms with Gasteiger partial charge in [0.15, 0.2) is 0 Å². The number of hydrogen-bond donors (Lipinski definition) is 8. The summed E-state index contributed by atoms with van der Waals surface area (Å²) in [6.07, 6.45) is 0. The average Bonchev–Trinajstić information content (AvgIpc) is 0.828. The molecule has 0 aliphatic heterocycles. The number of hydrogen-bond acceptors (Lipinski definition) is 14. The second-order valence-electron chi connectivity index (χ2n) is 22.5. The van der Waals surface area contributed by atoms with Gasteiger partial charge < -0.3 is 69.3 Å². The molecular weight excluding hydrogens is 1170 g/mol. The Balaban J connectivity index is 0.887. The van der Waals surface area contributed by atoms with E-state index in [-0.39, 0.29) is 91.6 Å². The van der Waals surface area contributed by atoms with E-state index in [0.29, 0.717) is 67.9 Å². The highest BCUT2D eigenvalue weighted by Crippen LogP contribution is 2.43. The number of aromatic hydroxyl groups is 8. The predicted molar refractivity (Wildman–Crippen MR) is 355 cm³/mol. The summed E-state index contributed by atoms with van der Waals surface area (Å²) in [7, 11) is 0. The maximum absolute atomic E-state index is 10.2. The molecule has 0 aliphatic rings. The molecule has 12 aromatic rings. The van der Waals surface area contributed by atoms with Crippen LogP contribution in [0.5, 0.6) is 80.5 Å². The number of phenolic OH excluding ortho intramolecular Hbond substituents is 8. The van der Waals surface area contributed by atoms with Crippen LogP contribution in [0.4, 0.5) is 0 Å². The van der Waals surface area contributed by atoms with Crippen LogP contribution < -0.4 is 28.4 Å². The van der Waals surface area contributed by atoms with Crippen LogP contribution in [0.3, 0.4) is 0 Å². The van der Waals surface area contributed by atoms with Gasteiger partial charge in [0.1, 0.15) is 120 Å². The van der Waals surface area contributed by atoms with Crippen molar-refractivity contribution in [2.75, 3.05) is 0 Å². The quantitative estimate of drug-likeness (QED) is 0.0264. The van der Waals surface area contributed by atoms with Crippen molar-refractivity contribution in [2.24, 2.45) is 0 Å². The molecular formula is C79H64O14. The van der Waals surface area contributed by atoms with Crippen LogP contribution in [0.15, 0.2) is 261 Å². The summed E-state index contributed by atoms with van der Waals surface area (Å²) in [6.45, 7) is 0.230. The highest BCUT2D eigenvalue weighted by Gasteiger charge is 2.23. The Morgan fingerprint density at radius 1 is 0.215 bits per heavy atom. The van der Waals surface area contributed by atoms with Gasteiger partial charge in [0.2, 0.25) is 0 Å².